The lowest BCUT2D eigenvalue weighted by Crippen LogP contribution is -2.18. The lowest BCUT2D eigenvalue weighted by Gasteiger charge is -2.24. The first-order valence-corrected chi connectivity index (χ1v) is 10.1. The van der Waals surface area contributed by atoms with Gasteiger partial charge in [-0.2, -0.15) is 5.10 Å². The Morgan fingerprint density at radius 1 is 1.19 bits per heavy atom. The second-order valence-electron chi connectivity index (χ2n) is 7.10. The first-order valence-electron chi connectivity index (χ1n) is 10.1. The van der Waals surface area contributed by atoms with Crippen LogP contribution in [-0.2, 0) is 22.5 Å². The molecule has 0 unspecified atom stereocenters. The van der Waals surface area contributed by atoms with Crippen LogP contribution >= 0.6 is 0 Å². The molecule has 1 heterocycles. The van der Waals surface area contributed by atoms with Gasteiger partial charge in [-0.05, 0) is 38.2 Å². The molecule has 5 heteroatoms. The van der Waals surface area contributed by atoms with Crippen molar-refractivity contribution in [3.8, 4) is 0 Å². The van der Waals surface area contributed by atoms with E-state index in [1.165, 1.54) is 24.8 Å². The van der Waals surface area contributed by atoms with Crippen molar-refractivity contribution in [3.05, 3.63) is 53.3 Å². The van der Waals surface area contributed by atoms with Crippen LogP contribution in [0.15, 0.2) is 36.5 Å². The van der Waals surface area contributed by atoms with E-state index in [2.05, 4.69) is 21.9 Å². The summed E-state index contributed by atoms with van der Waals surface area (Å²) in [5.74, 6) is -0.264. The normalized spacial score (nSPS) is 15.0. The molecule has 0 saturated heterocycles. The van der Waals surface area contributed by atoms with Gasteiger partial charge in [-0.3, -0.25) is 4.68 Å². The van der Waals surface area contributed by atoms with E-state index in [9.17, 15) is 4.79 Å². The standard InChI is InChI=1S/C22H30N2O3/c1-2-27-22(25)20-16-23-24(19-12-7-4-8-13-19)21(20)14-9-15-26-17-18-10-5-3-6-11-18/h3,5-6,10-11,16,19H,2,4,7-9,12-15,17H2,1H3. The van der Waals surface area contributed by atoms with Gasteiger partial charge in [-0.1, -0.05) is 49.6 Å². The Hall–Kier alpha value is -2.14. The average Bonchev–Trinajstić information content (AvgIpc) is 3.13. The molecule has 0 N–H and O–H groups in total. The molecule has 0 spiro atoms. The highest BCUT2D eigenvalue weighted by Crippen LogP contribution is 2.30. The first-order chi connectivity index (χ1) is 13.3. The van der Waals surface area contributed by atoms with E-state index in [1.807, 2.05) is 25.1 Å². The van der Waals surface area contributed by atoms with Crippen molar-refractivity contribution < 1.29 is 14.3 Å². The second-order valence-corrected chi connectivity index (χ2v) is 7.10. The summed E-state index contributed by atoms with van der Waals surface area (Å²) < 4.78 is 13.1. The number of ether oxygens (including phenoxy) is 2. The Balaban J connectivity index is 1.60. The van der Waals surface area contributed by atoms with E-state index in [-0.39, 0.29) is 5.97 Å². The fourth-order valence-electron chi connectivity index (χ4n) is 3.76. The van der Waals surface area contributed by atoms with Gasteiger partial charge >= 0.3 is 5.97 Å². The quantitative estimate of drug-likeness (QED) is 0.474. The molecule has 146 valence electrons. The van der Waals surface area contributed by atoms with E-state index in [0.29, 0.717) is 31.4 Å². The minimum absolute atomic E-state index is 0.264. The van der Waals surface area contributed by atoms with Crippen LogP contribution in [0.25, 0.3) is 0 Å². The van der Waals surface area contributed by atoms with E-state index < -0.39 is 0 Å². The number of esters is 1. The molecule has 1 saturated carbocycles. The number of carbonyl (C=O) groups is 1. The molecule has 0 bridgehead atoms. The number of benzene rings is 1. The molecule has 0 atom stereocenters. The summed E-state index contributed by atoms with van der Waals surface area (Å²) in [5.41, 5.74) is 2.80. The number of aromatic nitrogens is 2. The van der Waals surface area contributed by atoms with Crippen molar-refractivity contribution in [1.82, 2.24) is 9.78 Å². The van der Waals surface area contributed by atoms with Crippen molar-refractivity contribution in [3.63, 3.8) is 0 Å². The molecule has 1 aromatic heterocycles. The summed E-state index contributed by atoms with van der Waals surface area (Å²) in [6.45, 7) is 3.49. The molecular weight excluding hydrogens is 340 g/mol. The zero-order valence-electron chi connectivity index (χ0n) is 16.2. The summed E-state index contributed by atoms with van der Waals surface area (Å²) in [6.07, 6.45) is 9.37. The van der Waals surface area contributed by atoms with Crippen LogP contribution in [0.5, 0.6) is 0 Å². The van der Waals surface area contributed by atoms with E-state index in [4.69, 9.17) is 9.47 Å². The van der Waals surface area contributed by atoms with Gasteiger partial charge in [0.25, 0.3) is 0 Å². The molecule has 1 aromatic carbocycles. The fraction of sp³-hybridized carbons (Fsp3) is 0.545. The Bertz CT molecular complexity index is 706. The number of rotatable bonds is 9. The van der Waals surface area contributed by atoms with Crippen LogP contribution < -0.4 is 0 Å². The molecule has 1 aliphatic rings. The van der Waals surface area contributed by atoms with Gasteiger partial charge in [0.1, 0.15) is 5.56 Å². The third-order valence-electron chi connectivity index (χ3n) is 5.13. The summed E-state index contributed by atoms with van der Waals surface area (Å²) in [7, 11) is 0. The zero-order valence-corrected chi connectivity index (χ0v) is 16.2. The first kappa shape index (κ1) is 19.6. The highest BCUT2D eigenvalue weighted by Gasteiger charge is 2.24. The molecule has 0 amide bonds. The topological polar surface area (TPSA) is 53.3 Å². The Kier molecular flexibility index (Phi) is 7.45. The van der Waals surface area contributed by atoms with Gasteiger partial charge in [0, 0.05) is 6.61 Å². The second kappa shape index (κ2) is 10.3. The van der Waals surface area contributed by atoms with Crippen LogP contribution in [0.1, 0.15) is 73.1 Å². The molecule has 1 aliphatic carbocycles. The maximum Gasteiger partial charge on any atom is 0.341 e. The van der Waals surface area contributed by atoms with Gasteiger partial charge in [0.2, 0.25) is 0 Å². The van der Waals surface area contributed by atoms with Crippen molar-refractivity contribution in [1.29, 1.82) is 0 Å². The molecular formula is C22H30N2O3. The van der Waals surface area contributed by atoms with Crippen molar-refractivity contribution in [2.75, 3.05) is 13.2 Å². The van der Waals surface area contributed by atoms with Crippen LogP contribution in [0, 0.1) is 0 Å². The lowest BCUT2D eigenvalue weighted by atomic mass is 9.95. The van der Waals surface area contributed by atoms with Crippen LogP contribution in [0.2, 0.25) is 0 Å². The van der Waals surface area contributed by atoms with Crippen LogP contribution in [-0.4, -0.2) is 29.0 Å². The Labute approximate surface area is 161 Å². The fourth-order valence-corrected chi connectivity index (χ4v) is 3.76. The minimum Gasteiger partial charge on any atom is -0.462 e. The van der Waals surface area contributed by atoms with Gasteiger partial charge in [0.05, 0.1) is 31.1 Å². The smallest absolute Gasteiger partial charge is 0.341 e. The third kappa shape index (κ3) is 5.42. The molecule has 5 nitrogen and oxygen atoms in total. The van der Waals surface area contributed by atoms with Gasteiger partial charge in [-0.25, -0.2) is 4.79 Å². The van der Waals surface area contributed by atoms with Crippen LogP contribution in [0.4, 0.5) is 0 Å². The van der Waals surface area contributed by atoms with Crippen molar-refractivity contribution >= 4 is 5.97 Å². The number of carbonyl (C=O) groups excluding carboxylic acids is 1. The molecule has 2 aromatic rings. The van der Waals surface area contributed by atoms with E-state index >= 15 is 0 Å². The lowest BCUT2D eigenvalue weighted by molar-refractivity contribution is 0.0524. The summed E-state index contributed by atoms with van der Waals surface area (Å²) >= 11 is 0. The molecule has 3 rings (SSSR count). The average molecular weight is 370 g/mol. The monoisotopic (exact) mass is 370 g/mol. The minimum atomic E-state index is -0.264. The van der Waals surface area contributed by atoms with Gasteiger partial charge in [0.15, 0.2) is 0 Å². The maximum absolute atomic E-state index is 12.3. The highest BCUT2D eigenvalue weighted by atomic mass is 16.5. The number of hydrogen-bond donors (Lipinski definition) is 0. The van der Waals surface area contributed by atoms with Crippen LogP contribution in [0.3, 0.4) is 0 Å². The highest BCUT2D eigenvalue weighted by molar-refractivity contribution is 5.90. The Morgan fingerprint density at radius 3 is 2.70 bits per heavy atom. The zero-order chi connectivity index (χ0) is 18.9. The summed E-state index contributed by atoms with van der Waals surface area (Å²) in [5, 5.41) is 4.56. The van der Waals surface area contributed by atoms with Crippen molar-refractivity contribution in [2.24, 2.45) is 0 Å². The molecule has 0 radical (unpaired) electrons. The van der Waals surface area contributed by atoms with Crippen molar-refractivity contribution in [2.45, 2.75) is 64.5 Å². The van der Waals surface area contributed by atoms with Gasteiger partial charge in [-0.15, -0.1) is 0 Å². The predicted molar refractivity (Wildman–Crippen MR) is 105 cm³/mol. The molecule has 0 aliphatic heterocycles. The number of hydrogen-bond acceptors (Lipinski definition) is 4. The molecule has 1 fully saturated rings. The maximum atomic E-state index is 12.3. The summed E-state index contributed by atoms with van der Waals surface area (Å²) in [6, 6.07) is 10.6. The largest absolute Gasteiger partial charge is 0.462 e. The summed E-state index contributed by atoms with van der Waals surface area (Å²) in [4.78, 5) is 12.3. The third-order valence-corrected chi connectivity index (χ3v) is 5.13. The SMILES string of the molecule is CCOC(=O)c1cnn(C2CCCCC2)c1CCCOCc1ccccc1. The number of nitrogens with zero attached hydrogens (tertiary/aromatic N) is 2. The molecule has 27 heavy (non-hydrogen) atoms. The van der Waals surface area contributed by atoms with E-state index in [0.717, 1.165) is 31.4 Å². The Morgan fingerprint density at radius 2 is 1.96 bits per heavy atom. The van der Waals surface area contributed by atoms with E-state index in [1.54, 1.807) is 6.20 Å². The predicted octanol–water partition coefficient (Wildman–Crippen LogP) is 4.71. The van der Waals surface area contributed by atoms with Gasteiger partial charge < -0.3 is 9.47 Å².